The molecule has 7 heteroatoms. The van der Waals surface area contributed by atoms with Gasteiger partial charge in [-0.15, -0.1) is 0 Å². The van der Waals surface area contributed by atoms with Crippen LogP contribution in [-0.4, -0.2) is 29.4 Å². The van der Waals surface area contributed by atoms with Crippen LogP contribution in [0.5, 0.6) is 5.75 Å². The van der Waals surface area contributed by atoms with Gasteiger partial charge in [0, 0.05) is 11.1 Å². The van der Waals surface area contributed by atoms with Gasteiger partial charge in [0.15, 0.2) is 6.10 Å². The molecule has 0 unspecified atom stereocenters. The van der Waals surface area contributed by atoms with E-state index < -0.39 is 12.0 Å². The van der Waals surface area contributed by atoms with E-state index in [-0.39, 0.29) is 12.5 Å². The third-order valence-corrected chi connectivity index (χ3v) is 6.04. The van der Waals surface area contributed by atoms with Crippen molar-refractivity contribution in [2.45, 2.75) is 29.9 Å². The van der Waals surface area contributed by atoms with Crippen LogP contribution in [0.3, 0.4) is 0 Å². The number of pyridine rings is 1. The Morgan fingerprint density at radius 2 is 1.90 bits per heavy atom. The first kappa shape index (κ1) is 20.0. The fourth-order valence-corrected chi connectivity index (χ4v) is 4.22. The molecule has 152 valence electrons. The second-order valence-corrected chi connectivity index (χ2v) is 8.16. The number of amides is 2. The summed E-state index contributed by atoms with van der Waals surface area (Å²) in [5, 5.41) is 0.602. The monoisotopic (exact) mass is 419 g/mol. The third-order valence-electron chi connectivity index (χ3n) is 5.03. The topological polar surface area (TPSA) is 85.5 Å². The van der Waals surface area contributed by atoms with E-state index >= 15 is 0 Å². The van der Waals surface area contributed by atoms with Gasteiger partial charge in [0.2, 0.25) is 0 Å². The van der Waals surface area contributed by atoms with E-state index in [1.165, 1.54) is 27.8 Å². The molecular weight excluding hydrogens is 398 g/mol. The number of primary amides is 1. The van der Waals surface area contributed by atoms with Gasteiger partial charge in [0.1, 0.15) is 10.8 Å². The lowest BCUT2D eigenvalue weighted by Crippen LogP contribution is -2.49. The molecule has 1 aromatic heterocycles. The molecule has 2 amide bonds. The second-order valence-electron chi connectivity index (χ2n) is 7.10. The van der Waals surface area contributed by atoms with Gasteiger partial charge in [0.25, 0.3) is 11.8 Å². The Kier molecular flexibility index (Phi) is 5.46. The number of carbonyl (C=O) groups is 2. The predicted molar refractivity (Wildman–Crippen MR) is 116 cm³/mol. The summed E-state index contributed by atoms with van der Waals surface area (Å²) in [6.07, 6.45) is 0.760. The first-order valence-electron chi connectivity index (χ1n) is 9.51. The number of aromatic nitrogens is 1. The molecule has 6 nitrogen and oxygen atoms in total. The zero-order valence-corrected chi connectivity index (χ0v) is 17.5. The van der Waals surface area contributed by atoms with Crippen molar-refractivity contribution in [2.75, 3.05) is 11.4 Å². The van der Waals surface area contributed by atoms with Crippen LogP contribution in [0, 0.1) is 13.8 Å². The number of hydrogen-bond donors (Lipinski definition) is 1. The highest BCUT2D eigenvalue weighted by Crippen LogP contribution is 2.36. The Morgan fingerprint density at radius 1 is 1.10 bits per heavy atom. The molecule has 0 bridgehead atoms. The molecule has 1 atom stereocenters. The van der Waals surface area contributed by atoms with Crippen molar-refractivity contribution in [3.8, 4) is 5.75 Å². The molecule has 1 aliphatic heterocycles. The number of benzene rings is 2. The lowest BCUT2D eigenvalue weighted by molar-refractivity contribution is -0.124. The minimum Gasteiger partial charge on any atom is -0.477 e. The number of carbonyl (C=O) groups excluding carboxylic acids is 2. The largest absolute Gasteiger partial charge is 0.477 e. The summed E-state index contributed by atoms with van der Waals surface area (Å²) < 4.78 is 5.67. The van der Waals surface area contributed by atoms with Gasteiger partial charge >= 0.3 is 0 Å². The SMILES string of the molecule is Cc1ccc(Sc2ncccc2C(=O)N2C[C@@H](C(N)=O)Oc3ccccc32)cc1C. The van der Waals surface area contributed by atoms with Gasteiger partial charge in [-0.1, -0.05) is 30.0 Å². The van der Waals surface area contributed by atoms with Crippen LogP contribution in [0.4, 0.5) is 5.69 Å². The maximum Gasteiger partial charge on any atom is 0.261 e. The molecule has 0 radical (unpaired) electrons. The summed E-state index contributed by atoms with van der Waals surface area (Å²) in [6, 6.07) is 16.7. The molecule has 0 saturated carbocycles. The van der Waals surface area contributed by atoms with Crippen LogP contribution in [0.25, 0.3) is 0 Å². The Bertz CT molecular complexity index is 1130. The van der Waals surface area contributed by atoms with Gasteiger partial charge in [-0.2, -0.15) is 0 Å². The van der Waals surface area contributed by atoms with Crippen molar-refractivity contribution in [3.05, 3.63) is 77.5 Å². The number of aryl methyl sites for hydroxylation is 2. The second kappa shape index (κ2) is 8.20. The molecular formula is C23H21N3O3S. The molecule has 0 saturated heterocycles. The summed E-state index contributed by atoms with van der Waals surface area (Å²) in [7, 11) is 0. The minimum absolute atomic E-state index is 0.0494. The quantitative estimate of drug-likeness (QED) is 0.696. The first-order valence-corrected chi connectivity index (χ1v) is 10.3. The van der Waals surface area contributed by atoms with Crippen molar-refractivity contribution < 1.29 is 14.3 Å². The number of fused-ring (bicyclic) bond motifs is 1. The van der Waals surface area contributed by atoms with E-state index in [1.807, 2.05) is 12.1 Å². The van der Waals surface area contributed by atoms with E-state index in [0.717, 1.165) is 4.90 Å². The lowest BCUT2D eigenvalue weighted by Gasteiger charge is -2.33. The Balaban J connectivity index is 1.70. The predicted octanol–water partition coefficient (Wildman–Crippen LogP) is 3.74. The molecule has 2 N–H and O–H groups in total. The number of nitrogens with two attached hydrogens (primary N) is 1. The molecule has 2 aromatic carbocycles. The molecule has 30 heavy (non-hydrogen) atoms. The van der Waals surface area contributed by atoms with Crippen LogP contribution in [-0.2, 0) is 4.79 Å². The van der Waals surface area contributed by atoms with Crippen LogP contribution in [0.1, 0.15) is 21.5 Å². The summed E-state index contributed by atoms with van der Waals surface area (Å²) in [4.78, 5) is 32.3. The fraction of sp³-hybridized carbons (Fsp3) is 0.174. The number of rotatable bonds is 4. The van der Waals surface area contributed by atoms with Gasteiger partial charge in [0.05, 0.1) is 17.8 Å². The Labute approximate surface area is 179 Å². The van der Waals surface area contributed by atoms with Crippen molar-refractivity contribution in [2.24, 2.45) is 5.73 Å². The van der Waals surface area contributed by atoms with Crippen molar-refractivity contribution in [1.29, 1.82) is 0 Å². The third kappa shape index (κ3) is 3.89. The number of anilines is 1. The number of nitrogens with zero attached hydrogens (tertiary/aromatic N) is 2. The average molecular weight is 420 g/mol. The summed E-state index contributed by atoms with van der Waals surface area (Å²) in [5.74, 6) is -0.414. The minimum atomic E-state index is -0.906. The highest BCUT2D eigenvalue weighted by molar-refractivity contribution is 7.99. The van der Waals surface area contributed by atoms with Crippen molar-refractivity contribution in [1.82, 2.24) is 4.98 Å². The number of hydrogen-bond acceptors (Lipinski definition) is 5. The normalized spacial score (nSPS) is 15.3. The van der Waals surface area contributed by atoms with Crippen molar-refractivity contribution >= 4 is 29.3 Å². The van der Waals surface area contributed by atoms with E-state index in [2.05, 4.69) is 31.0 Å². The van der Waals surface area contributed by atoms with E-state index in [9.17, 15) is 9.59 Å². The van der Waals surface area contributed by atoms with Gasteiger partial charge in [-0.05, 0) is 61.4 Å². The molecule has 0 spiro atoms. The maximum absolute atomic E-state index is 13.5. The van der Waals surface area contributed by atoms with Crippen molar-refractivity contribution in [3.63, 3.8) is 0 Å². The standard InChI is InChI=1S/C23H21N3O3S/c1-14-9-10-16(12-15(14)2)30-22-17(6-5-11-25-22)23(28)26-13-20(21(24)27)29-19-8-4-3-7-18(19)26/h3-12,20H,13H2,1-2H3,(H2,24,27)/t20-/m0/s1. The molecule has 2 heterocycles. The number of para-hydroxylation sites is 2. The highest BCUT2D eigenvalue weighted by Gasteiger charge is 2.34. The zero-order chi connectivity index (χ0) is 21.3. The lowest BCUT2D eigenvalue weighted by atomic mass is 10.1. The summed E-state index contributed by atoms with van der Waals surface area (Å²) in [5.41, 5.74) is 8.91. The Hall–Kier alpha value is -3.32. The first-order chi connectivity index (χ1) is 14.4. The molecule has 0 aliphatic carbocycles. The molecule has 3 aromatic rings. The maximum atomic E-state index is 13.5. The summed E-state index contributed by atoms with van der Waals surface area (Å²) >= 11 is 1.44. The van der Waals surface area contributed by atoms with Crippen LogP contribution < -0.4 is 15.4 Å². The summed E-state index contributed by atoms with van der Waals surface area (Å²) in [6.45, 7) is 4.16. The molecule has 1 aliphatic rings. The van der Waals surface area contributed by atoms with Gasteiger partial charge in [-0.3, -0.25) is 9.59 Å². The molecule has 4 rings (SSSR count). The molecule has 0 fully saturated rings. The highest BCUT2D eigenvalue weighted by atomic mass is 32.2. The van der Waals surface area contributed by atoms with Crippen LogP contribution in [0.2, 0.25) is 0 Å². The van der Waals surface area contributed by atoms with E-state index in [0.29, 0.717) is 22.0 Å². The zero-order valence-electron chi connectivity index (χ0n) is 16.7. The van der Waals surface area contributed by atoms with E-state index in [4.69, 9.17) is 10.5 Å². The van der Waals surface area contributed by atoms with E-state index in [1.54, 1.807) is 36.5 Å². The number of ether oxygens (including phenoxy) is 1. The smallest absolute Gasteiger partial charge is 0.261 e. The average Bonchev–Trinajstić information content (AvgIpc) is 2.75. The Morgan fingerprint density at radius 3 is 2.67 bits per heavy atom. The van der Waals surface area contributed by atoms with Gasteiger partial charge < -0.3 is 15.4 Å². The van der Waals surface area contributed by atoms with Crippen LogP contribution >= 0.6 is 11.8 Å². The van der Waals surface area contributed by atoms with Crippen LogP contribution in [0.15, 0.2) is 70.7 Å². The fourth-order valence-electron chi connectivity index (χ4n) is 3.24. The van der Waals surface area contributed by atoms with Gasteiger partial charge in [-0.25, -0.2) is 4.98 Å².